The first-order valence-corrected chi connectivity index (χ1v) is 4.62. The smallest absolute Gasteiger partial charge is 0.115 e. The molecule has 0 radical (unpaired) electrons. The second kappa shape index (κ2) is 3.35. The van der Waals surface area contributed by atoms with E-state index in [0.717, 1.165) is 17.0 Å². The summed E-state index contributed by atoms with van der Waals surface area (Å²) in [4.78, 5) is 0. The number of aromatic amines is 1. The molecule has 72 valence electrons. The second-order valence-electron chi connectivity index (χ2n) is 3.12. The monoisotopic (exact) mass is 207 g/mol. The Morgan fingerprint density at radius 1 is 1.29 bits per heavy atom. The molecule has 1 aromatic heterocycles. The lowest BCUT2D eigenvalue weighted by molar-refractivity contribution is 1.05. The summed E-state index contributed by atoms with van der Waals surface area (Å²) in [5.74, 6) is 0. The number of nitrogens with zero attached hydrogens (tertiary/aromatic N) is 1. The van der Waals surface area contributed by atoms with Gasteiger partial charge in [-0.05, 0) is 19.1 Å². The molecule has 0 fully saturated rings. The Morgan fingerprint density at radius 2 is 1.93 bits per heavy atom. The standard InChI is InChI=1S/C10H10ClN3/c1-6-9(12)10(14-13-6)7-2-4-8(11)5-3-7/h2-5H,12H2,1H3,(H,13,14). The van der Waals surface area contributed by atoms with Crippen molar-refractivity contribution in [3.05, 3.63) is 35.0 Å². The van der Waals surface area contributed by atoms with E-state index in [1.54, 1.807) is 0 Å². The van der Waals surface area contributed by atoms with Crippen molar-refractivity contribution in [3.63, 3.8) is 0 Å². The number of benzene rings is 1. The number of nitrogens with two attached hydrogens (primary N) is 1. The van der Waals surface area contributed by atoms with Gasteiger partial charge in [0.05, 0.1) is 11.4 Å². The van der Waals surface area contributed by atoms with Crippen molar-refractivity contribution in [2.24, 2.45) is 0 Å². The van der Waals surface area contributed by atoms with Gasteiger partial charge in [-0.2, -0.15) is 5.10 Å². The van der Waals surface area contributed by atoms with Crippen LogP contribution in [0.4, 0.5) is 5.69 Å². The van der Waals surface area contributed by atoms with Crippen molar-refractivity contribution in [1.29, 1.82) is 0 Å². The van der Waals surface area contributed by atoms with E-state index in [-0.39, 0.29) is 0 Å². The Morgan fingerprint density at radius 3 is 2.43 bits per heavy atom. The lowest BCUT2D eigenvalue weighted by Crippen LogP contribution is -1.88. The summed E-state index contributed by atoms with van der Waals surface area (Å²) in [5, 5.41) is 7.67. The maximum Gasteiger partial charge on any atom is 0.115 e. The average Bonchev–Trinajstić information content (AvgIpc) is 2.50. The normalized spacial score (nSPS) is 10.4. The average molecular weight is 208 g/mol. The Kier molecular flexibility index (Phi) is 2.17. The van der Waals surface area contributed by atoms with Gasteiger partial charge in [0.25, 0.3) is 0 Å². The number of rotatable bonds is 1. The van der Waals surface area contributed by atoms with E-state index in [0.29, 0.717) is 10.7 Å². The Hall–Kier alpha value is -1.48. The summed E-state index contributed by atoms with van der Waals surface area (Å²) in [5.41, 5.74) is 9.16. The summed E-state index contributed by atoms with van der Waals surface area (Å²) < 4.78 is 0. The van der Waals surface area contributed by atoms with Gasteiger partial charge in [-0.15, -0.1) is 0 Å². The summed E-state index contributed by atoms with van der Waals surface area (Å²) in [6.45, 7) is 1.89. The Bertz CT molecular complexity index is 445. The van der Waals surface area contributed by atoms with Gasteiger partial charge in [-0.1, -0.05) is 23.7 Å². The van der Waals surface area contributed by atoms with Gasteiger partial charge in [-0.25, -0.2) is 0 Å². The molecule has 0 amide bonds. The highest BCUT2D eigenvalue weighted by Gasteiger charge is 2.07. The van der Waals surface area contributed by atoms with E-state index >= 15 is 0 Å². The summed E-state index contributed by atoms with van der Waals surface area (Å²) >= 11 is 5.78. The van der Waals surface area contributed by atoms with E-state index in [4.69, 9.17) is 17.3 Å². The molecule has 0 aliphatic carbocycles. The molecule has 0 aliphatic heterocycles. The van der Waals surface area contributed by atoms with Crippen LogP contribution in [0.2, 0.25) is 5.02 Å². The predicted octanol–water partition coefficient (Wildman–Crippen LogP) is 2.62. The van der Waals surface area contributed by atoms with E-state index in [1.165, 1.54) is 0 Å². The molecule has 3 N–H and O–H groups in total. The molecule has 0 bridgehead atoms. The van der Waals surface area contributed by atoms with Crippen molar-refractivity contribution in [3.8, 4) is 11.3 Å². The fourth-order valence-electron chi connectivity index (χ4n) is 1.27. The molecule has 1 heterocycles. The van der Waals surface area contributed by atoms with Crippen LogP contribution in [0.15, 0.2) is 24.3 Å². The number of nitrogen functional groups attached to an aromatic ring is 1. The zero-order valence-corrected chi connectivity index (χ0v) is 8.47. The number of nitrogens with one attached hydrogen (secondary N) is 1. The molecule has 0 spiro atoms. The second-order valence-corrected chi connectivity index (χ2v) is 3.55. The van der Waals surface area contributed by atoms with Gasteiger partial charge in [0, 0.05) is 10.6 Å². The minimum Gasteiger partial charge on any atom is -0.395 e. The first-order chi connectivity index (χ1) is 6.68. The van der Waals surface area contributed by atoms with Gasteiger partial charge < -0.3 is 5.73 Å². The van der Waals surface area contributed by atoms with Crippen LogP contribution in [0, 0.1) is 6.92 Å². The quantitative estimate of drug-likeness (QED) is 0.755. The third-order valence-electron chi connectivity index (χ3n) is 2.11. The topological polar surface area (TPSA) is 54.7 Å². The molecule has 0 saturated heterocycles. The van der Waals surface area contributed by atoms with Crippen LogP contribution in [-0.2, 0) is 0 Å². The van der Waals surface area contributed by atoms with Crippen LogP contribution in [0.3, 0.4) is 0 Å². The van der Waals surface area contributed by atoms with Gasteiger partial charge in [0.15, 0.2) is 0 Å². The minimum absolute atomic E-state index is 0.687. The zero-order chi connectivity index (χ0) is 10.1. The summed E-state index contributed by atoms with van der Waals surface area (Å²) in [6.07, 6.45) is 0. The summed E-state index contributed by atoms with van der Waals surface area (Å²) in [7, 11) is 0. The SMILES string of the molecule is Cc1[nH]nc(-c2ccc(Cl)cc2)c1N. The van der Waals surface area contributed by atoms with Crippen molar-refractivity contribution >= 4 is 17.3 Å². The van der Waals surface area contributed by atoms with Crippen LogP contribution in [0.25, 0.3) is 11.3 Å². The molecule has 2 aromatic rings. The number of hydrogen-bond acceptors (Lipinski definition) is 2. The Balaban J connectivity index is 2.49. The van der Waals surface area contributed by atoms with E-state index in [1.807, 2.05) is 31.2 Å². The van der Waals surface area contributed by atoms with E-state index < -0.39 is 0 Å². The van der Waals surface area contributed by atoms with Gasteiger partial charge in [-0.3, -0.25) is 5.10 Å². The summed E-state index contributed by atoms with van der Waals surface area (Å²) in [6, 6.07) is 7.43. The number of aryl methyl sites for hydroxylation is 1. The predicted molar refractivity (Wildman–Crippen MR) is 58.2 cm³/mol. The molecule has 3 nitrogen and oxygen atoms in total. The molecule has 0 saturated carbocycles. The van der Waals surface area contributed by atoms with Crippen LogP contribution in [0.1, 0.15) is 5.69 Å². The van der Waals surface area contributed by atoms with Crippen molar-refractivity contribution in [2.45, 2.75) is 6.92 Å². The maximum atomic E-state index is 5.85. The van der Waals surface area contributed by atoms with Crippen molar-refractivity contribution in [1.82, 2.24) is 10.2 Å². The van der Waals surface area contributed by atoms with Crippen LogP contribution in [-0.4, -0.2) is 10.2 Å². The van der Waals surface area contributed by atoms with E-state index in [9.17, 15) is 0 Å². The molecule has 0 atom stereocenters. The molecular formula is C10H10ClN3. The molecule has 2 rings (SSSR count). The lowest BCUT2D eigenvalue weighted by atomic mass is 10.1. The van der Waals surface area contributed by atoms with E-state index in [2.05, 4.69) is 10.2 Å². The number of halogens is 1. The minimum atomic E-state index is 0.687. The zero-order valence-electron chi connectivity index (χ0n) is 7.71. The highest BCUT2D eigenvalue weighted by Crippen LogP contribution is 2.26. The highest BCUT2D eigenvalue weighted by atomic mass is 35.5. The number of anilines is 1. The third kappa shape index (κ3) is 1.46. The molecule has 14 heavy (non-hydrogen) atoms. The lowest BCUT2D eigenvalue weighted by Gasteiger charge is -1.98. The number of hydrogen-bond donors (Lipinski definition) is 2. The first-order valence-electron chi connectivity index (χ1n) is 4.25. The van der Waals surface area contributed by atoms with Crippen LogP contribution >= 0.6 is 11.6 Å². The third-order valence-corrected chi connectivity index (χ3v) is 2.36. The largest absolute Gasteiger partial charge is 0.395 e. The van der Waals surface area contributed by atoms with Gasteiger partial charge in [0.2, 0.25) is 0 Å². The number of aromatic nitrogens is 2. The number of H-pyrrole nitrogens is 1. The van der Waals surface area contributed by atoms with Crippen molar-refractivity contribution in [2.75, 3.05) is 5.73 Å². The van der Waals surface area contributed by atoms with Crippen LogP contribution < -0.4 is 5.73 Å². The van der Waals surface area contributed by atoms with Crippen LogP contribution in [0.5, 0.6) is 0 Å². The van der Waals surface area contributed by atoms with Gasteiger partial charge in [0.1, 0.15) is 5.69 Å². The van der Waals surface area contributed by atoms with Crippen molar-refractivity contribution < 1.29 is 0 Å². The fourth-order valence-corrected chi connectivity index (χ4v) is 1.39. The maximum absolute atomic E-state index is 5.85. The molecule has 0 aliphatic rings. The molecule has 1 aromatic carbocycles. The fraction of sp³-hybridized carbons (Fsp3) is 0.100. The molecule has 0 unspecified atom stereocenters. The highest BCUT2D eigenvalue weighted by molar-refractivity contribution is 6.30. The molecular weight excluding hydrogens is 198 g/mol. The molecule has 4 heteroatoms. The first kappa shape index (κ1) is 9.09. The van der Waals surface area contributed by atoms with Gasteiger partial charge >= 0.3 is 0 Å². The Labute approximate surface area is 86.9 Å².